The van der Waals surface area contributed by atoms with E-state index in [1.807, 2.05) is 35.2 Å². The molecule has 0 radical (unpaired) electrons. The highest BCUT2D eigenvalue weighted by molar-refractivity contribution is 6.07. The molecule has 1 aliphatic heterocycles. The zero-order valence-corrected chi connectivity index (χ0v) is 15.6. The molecule has 2 aromatic carbocycles. The van der Waals surface area contributed by atoms with Gasteiger partial charge in [0.15, 0.2) is 0 Å². The normalized spacial score (nSPS) is 16.1. The van der Waals surface area contributed by atoms with Crippen molar-refractivity contribution in [1.29, 1.82) is 0 Å². The second-order valence-electron chi connectivity index (χ2n) is 6.42. The third-order valence-corrected chi connectivity index (χ3v) is 4.71. The van der Waals surface area contributed by atoms with Crippen molar-refractivity contribution in [2.24, 2.45) is 11.7 Å². The Balaban J connectivity index is 0.00000243. The highest BCUT2D eigenvalue weighted by atomic mass is 35.5. The molecule has 1 heterocycles. The Morgan fingerprint density at radius 1 is 1.12 bits per heavy atom. The highest BCUT2D eigenvalue weighted by Crippen LogP contribution is 2.20. The molecule has 0 bridgehead atoms. The van der Waals surface area contributed by atoms with Crippen LogP contribution in [0.25, 0.3) is 0 Å². The van der Waals surface area contributed by atoms with Crippen LogP contribution in [0.1, 0.15) is 27.1 Å². The first kappa shape index (κ1) is 19.9. The molecule has 1 saturated heterocycles. The van der Waals surface area contributed by atoms with E-state index in [4.69, 9.17) is 5.73 Å². The van der Waals surface area contributed by atoms with E-state index in [0.717, 1.165) is 18.7 Å². The maximum atomic E-state index is 12.7. The number of para-hydroxylation sites is 1. The molecular weight excluding hydrogens is 350 g/mol. The van der Waals surface area contributed by atoms with E-state index < -0.39 is 0 Å². The second kappa shape index (κ2) is 8.83. The summed E-state index contributed by atoms with van der Waals surface area (Å²) in [5, 5.41) is 0. The summed E-state index contributed by atoms with van der Waals surface area (Å²) in [6.45, 7) is 2.02. The monoisotopic (exact) mass is 373 g/mol. The highest BCUT2D eigenvalue weighted by Gasteiger charge is 2.26. The Bertz CT molecular complexity index is 767. The quantitative estimate of drug-likeness (QED) is 0.896. The Labute approximate surface area is 160 Å². The van der Waals surface area contributed by atoms with Crippen molar-refractivity contribution in [2.45, 2.75) is 6.42 Å². The number of carbonyl (C=O) groups excluding carboxylic acids is 2. The average molecular weight is 374 g/mol. The van der Waals surface area contributed by atoms with E-state index >= 15 is 0 Å². The van der Waals surface area contributed by atoms with Gasteiger partial charge < -0.3 is 15.5 Å². The number of hydrogen-bond acceptors (Lipinski definition) is 3. The third-order valence-electron chi connectivity index (χ3n) is 4.71. The molecule has 1 atom stereocenters. The summed E-state index contributed by atoms with van der Waals surface area (Å²) in [7, 11) is 1.73. The number of likely N-dealkylation sites (tertiary alicyclic amines) is 1. The first-order valence-electron chi connectivity index (χ1n) is 8.52. The number of rotatable bonds is 4. The minimum Gasteiger partial charge on any atom is -0.338 e. The van der Waals surface area contributed by atoms with Gasteiger partial charge in [-0.15, -0.1) is 12.4 Å². The Morgan fingerprint density at radius 3 is 2.46 bits per heavy atom. The fraction of sp³-hybridized carbons (Fsp3) is 0.300. The molecule has 2 aromatic rings. The van der Waals surface area contributed by atoms with Gasteiger partial charge in [0, 0.05) is 37.0 Å². The fourth-order valence-corrected chi connectivity index (χ4v) is 3.14. The van der Waals surface area contributed by atoms with Crippen molar-refractivity contribution in [3.63, 3.8) is 0 Å². The molecule has 3 rings (SSSR count). The molecule has 0 saturated carbocycles. The van der Waals surface area contributed by atoms with Crippen molar-refractivity contribution >= 4 is 29.9 Å². The minimum atomic E-state index is -0.137. The number of anilines is 1. The summed E-state index contributed by atoms with van der Waals surface area (Å²) < 4.78 is 0. The van der Waals surface area contributed by atoms with Crippen LogP contribution in [-0.4, -0.2) is 43.4 Å². The molecule has 2 N–H and O–H groups in total. The van der Waals surface area contributed by atoms with Gasteiger partial charge in [-0.25, -0.2) is 0 Å². The van der Waals surface area contributed by atoms with Gasteiger partial charge in [0.05, 0.1) is 0 Å². The fourth-order valence-electron chi connectivity index (χ4n) is 3.14. The molecule has 138 valence electrons. The van der Waals surface area contributed by atoms with Crippen LogP contribution in [-0.2, 0) is 0 Å². The number of amides is 2. The maximum Gasteiger partial charge on any atom is 0.258 e. The van der Waals surface area contributed by atoms with Gasteiger partial charge in [0.25, 0.3) is 11.8 Å². The molecule has 5 nitrogen and oxygen atoms in total. The van der Waals surface area contributed by atoms with Crippen molar-refractivity contribution < 1.29 is 9.59 Å². The number of nitrogens with two attached hydrogens (primary N) is 1. The van der Waals surface area contributed by atoms with Gasteiger partial charge in [-0.05, 0) is 49.2 Å². The molecule has 2 amide bonds. The molecule has 6 heteroatoms. The lowest BCUT2D eigenvalue weighted by molar-refractivity contribution is 0.0787. The van der Waals surface area contributed by atoms with Gasteiger partial charge >= 0.3 is 0 Å². The van der Waals surface area contributed by atoms with Crippen LogP contribution < -0.4 is 10.6 Å². The predicted molar refractivity (Wildman–Crippen MR) is 106 cm³/mol. The van der Waals surface area contributed by atoms with Crippen LogP contribution in [0, 0.1) is 5.92 Å². The number of nitrogens with zero attached hydrogens (tertiary/aromatic N) is 2. The van der Waals surface area contributed by atoms with Gasteiger partial charge in [-0.2, -0.15) is 0 Å². The van der Waals surface area contributed by atoms with Crippen LogP contribution >= 0.6 is 12.4 Å². The predicted octanol–water partition coefficient (Wildman–Crippen LogP) is 2.81. The number of benzene rings is 2. The van der Waals surface area contributed by atoms with Crippen LogP contribution in [0.2, 0.25) is 0 Å². The number of carbonyl (C=O) groups is 2. The van der Waals surface area contributed by atoms with Gasteiger partial charge in [0.1, 0.15) is 0 Å². The van der Waals surface area contributed by atoms with Crippen LogP contribution in [0.15, 0.2) is 54.6 Å². The third kappa shape index (κ3) is 4.23. The molecule has 1 aliphatic rings. The van der Waals surface area contributed by atoms with Crippen molar-refractivity contribution in [2.75, 3.05) is 31.6 Å². The van der Waals surface area contributed by atoms with E-state index in [1.54, 1.807) is 36.2 Å². The average Bonchev–Trinajstić information content (AvgIpc) is 3.16. The lowest BCUT2D eigenvalue weighted by Gasteiger charge is -2.19. The SMILES string of the molecule is CN(C(=O)c1cccc(C(=O)N2CCC(CN)C2)c1)c1ccccc1.Cl. The van der Waals surface area contributed by atoms with E-state index in [0.29, 0.717) is 30.1 Å². The smallest absolute Gasteiger partial charge is 0.258 e. The van der Waals surface area contributed by atoms with Crippen LogP contribution in [0.5, 0.6) is 0 Å². The number of halogens is 1. The first-order chi connectivity index (χ1) is 12.1. The summed E-state index contributed by atoms with van der Waals surface area (Å²) in [6, 6.07) is 16.4. The lowest BCUT2D eigenvalue weighted by Crippen LogP contribution is -2.30. The second-order valence-corrected chi connectivity index (χ2v) is 6.42. The summed E-state index contributed by atoms with van der Waals surface area (Å²) in [4.78, 5) is 28.8. The summed E-state index contributed by atoms with van der Waals surface area (Å²) in [5.74, 6) is 0.202. The molecule has 1 unspecified atom stereocenters. The van der Waals surface area contributed by atoms with Crippen molar-refractivity contribution in [3.8, 4) is 0 Å². The molecular formula is C20H24ClN3O2. The molecule has 1 fully saturated rings. The Morgan fingerprint density at radius 2 is 1.81 bits per heavy atom. The largest absolute Gasteiger partial charge is 0.338 e. The zero-order chi connectivity index (χ0) is 17.8. The van der Waals surface area contributed by atoms with E-state index in [-0.39, 0.29) is 24.2 Å². The van der Waals surface area contributed by atoms with Crippen LogP contribution in [0.4, 0.5) is 5.69 Å². The molecule has 0 aromatic heterocycles. The number of hydrogen-bond donors (Lipinski definition) is 1. The van der Waals surface area contributed by atoms with E-state index in [9.17, 15) is 9.59 Å². The van der Waals surface area contributed by atoms with Gasteiger partial charge in [-0.3, -0.25) is 9.59 Å². The van der Waals surface area contributed by atoms with Crippen LogP contribution in [0.3, 0.4) is 0 Å². The first-order valence-corrected chi connectivity index (χ1v) is 8.52. The van der Waals surface area contributed by atoms with Crippen molar-refractivity contribution in [3.05, 3.63) is 65.7 Å². The standard InChI is InChI=1S/C20H23N3O2.ClH/c1-22(18-8-3-2-4-9-18)19(24)16-6-5-7-17(12-16)20(25)23-11-10-15(13-21)14-23;/h2-9,12,15H,10-11,13-14,21H2,1H3;1H. The molecule has 0 spiro atoms. The minimum absolute atomic E-state index is 0. The summed E-state index contributed by atoms with van der Waals surface area (Å²) >= 11 is 0. The zero-order valence-electron chi connectivity index (χ0n) is 14.8. The maximum absolute atomic E-state index is 12.7. The Hall–Kier alpha value is -2.37. The van der Waals surface area contributed by atoms with Gasteiger partial charge in [0.2, 0.25) is 0 Å². The Kier molecular flexibility index (Phi) is 6.77. The summed E-state index contributed by atoms with van der Waals surface area (Å²) in [6.07, 6.45) is 0.942. The lowest BCUT2D eigenvalue weighted by atomic mass is 10.1. The molecule has 0 aliphatic carbocycles. The van der Waals surface area contributed by atoms with E-state index in [2.05, 4.69) is 0 Å². The van der Waals surface area contributed by atoms with E-state index in [1.165, 1.54) is 0 Å². The summed E-state index contributed by atoms with van der Waals surface area (Å²) in [5.41, 5.74) is 7.57. The topological polar surface area (TPSA) is 66.6 Å². The molecule has 26 heavy (non-hydrogen) atoms. The van der Waals surface area contributed by atoms with Gasteiger partial charge in [-0.1, -0.05) is 24.3 Å². The van der Waals surface area contributed by atoms with Crippen molar-refractivity contribution in [1.82, 2.24) is 4.90 Å².